The predicted octanol–water partition coefficient (Wildman–Crippen LogP) is 0.141. The van der Waals surface area contributed by atoms with Gasteiger partial charge in [0.1, 0.15) is 11.3 Å². The van der Waals surface area contributed by atoms with Crippen LogP contribution in [0.3, 0.4) is 0 Å². The Morgan fingerprint density at radius 3 is 2.12 bits per heavy atom. The summed E-state index contributed by atoms with van der Waals surface area (Å²) in [6, 6.07) is 5.66. The lowest BCUT2D eigenvalue weighted by molar-refractivity contribution is 0.451. The Kier molecular flexibility index (Phi) is 2.24. The van der Waals surface area contributed by atoms with Crippen LogP contribution in [0.5, 0.6) is 11.6 Å². The molecule has 6 heteroatoms. The van der Waals surface area contributed by atoms with Crippen LogP contribution < -0.4 is 11.2 Å². The van der Waals surface area contributed by atoms with E-state index in [0.29, 0.717) is 5.56 Å². The van der Waals surface area contributed by atoms with Gasteiger partial charge in [0.2, 0.25) is 5.88 Å². The van der Waals surface area contributed by atoms with Crippen molar-refractivity contribution in [2.45, 2.75) is 0 Å². The van der Waals surface area contributed by atoms with Gasteiger partial charge in [0, 0.05) is 0 Å². The summed E-state index contributed by atoms with van der Waals surface area (Å²) in [7, 11) is 0. The number of hydrogen-bond donors (Lipinski definition) is 4. The third-order valence-electron chi connectivity index (χ3n) is 2.08. The van der Waals surface area contributed by atoms with Gasteiger partial charge in [-0.05, 0) is 17.7 Å². The van der Waals surface area contributed by atoms with Crippen molar-refractivity contribution in [2.75, 3.05) is 0 Å². The average molecular weight is 220 g/mol. The van der Waals surface area contributed by atoms with E-state index in [2.05, 4.69) is 4.98 Å². The number of aromatic amines is 2. The topological polar surface area (TPSA) is 106 Å². The normalized spacial score (nSPS) is 10.2. The zero-order valence-electron chi connectivity index (χ0n) is 8.02. The van der Waals surface area contributed by atoms with Crippen LogP contribution >= 0.6 is 0 Å². The van der Waals surface area contributed by atoms with Crippen LogP contribution in [-0.2, 0) is 0 Å². The number of hydrogen-bond acceptors (Lipinski definition) is 4. The van der Waals surface area contributed by atoms with Crippen molar-refractivity contribution in [1.29, 1.82) is 0 Å². The van der Waals surface area contributed by atoms with Gasteiger partial charge in [-0.15, -0.1) is 0 Å². The Morgan fingerprint density at radius 1 is 0.938 bits per heavy atom. The number of rotatable bonds is 1. The lowest BCUT2D eigenvalue weighted by atomic mass is 10.1. The maximum atomic E-state index is 11.4. The molecule has 0 aliphatic rings. The molecule has 0 radical (unpaired) electrons. The van der Waals surface area contributed by atoms with Crippen LogP contribution in [0.25, 0.3) is 11.1 Å². The minimum atomic E-state index is -0.773. The molecule has 6 nitrogen and oxygen atoms in total. The van der Waals surface area contributed by atoms with Crippen LogP contribution in [0.1, 0.15) is 0 Å². The van der Waals surface area contributed by atoms with Gasteiger partial charge in [-0.2, -0.15) is 0 Å². The molecule has 1 heterocycles. The van der Waals surface area contributed by atoms with Crippen molar-refractivity contribution >= 4 is 0 Å². The van der Waals surface area contributed by atoms with Crippen molar-refractivity contribution in [3.8, 4) is 22.8 Å². The minimum Gasteiger partial charge on any atom is -0.508 e. The summed E-state index contributed by atoms with van der Waals surface area (Å²) in [6.07, 6.45) is 0. The monoisotopic (exact) mass is 220 g/mol. The number of aromatic nitrogens is 2. The Hall–Kier alpha value is -2.50. The van der Waals surface area contributed by atoms with Crippen molar-refractivity contribution in [3.05, 3.63) is 45.1 Å². The molecular weight excluding hydrogens is 212 g/mol. The highest BCUT2D eigenvalue weighted by atomic mass is 16.3. The second-order valence-electron chi connectivity index (χ2n) is 3.18. The number of phenolic OH excluding ortho intramolecular Hbond substituents is 1. The summed E-state index contributed by atoms with van der Waals surface area (Å²) in [6.45, 7) is 0. The number of H-pyrrole nitrogens is 2. The summed E-state index contributed by atoms with van der Waals surface area (Å²) >= 11 is 0. The summed E-state index contributed by atoms with van der Waals surface area (Å²) < 4.78 is 0. The molecule has 0 bridgehead atoms. The van der Waals surface area contributed by atoms with Gasteiger partial charge in [0.15, 0.2) is 0 Å². The van der Waals surface area contributed by atoms with E-state index in [1.807, 2.05) is 4.98 Å². The Morgan fingerprint density at radius 2 is 1.56 bits per heavy atom. The first-order chi connectivity index (χ1) is 7.58. The van der Waals surface area contributed by atoms with Gasteiger partial charge in [0.05, 0.1) is 0 Å². The van der Waals surface area contributed by atoms with E-state index >= 15 is 0 Å². The Balaban J connectivity index is 2.69. The third-order valence-corrected chi connectivity index (χ3v) is 2.08. The van der Waals surface area contributed by atoms with Gasteiger partial charge in [0.25, 0.3) is 5.56 Å². The van der Waals surface area contributed by atoms with Gasteiger partial charge in [-0.3, -0.25) is 14.8 Å². The maximum absolute atomic E-state index is 11.4. The van der Waals surface area contributed by atoms with Gasteiger partial charge in [-0.25, -0.2) is 4.79 Å². The molecule has 2 rings (SSSR count). The molecule has 1 aromatic heterocycles. The first-order valence-electron chi connectivity index (χ1n) is 4.43. The van der Waals surface area contributed by atoms with Crippen LogP contribution in [0.4, 0.5) is 0 Å². The van der Waals surface area contributed by atoms with Gasteiger partial charge in [-0.1, -0.05) is 12.1 Å². The fourth-order valence-electron chi connectivity index (χ4n) is 1.37. The molecule has 4 N–H and O–H groups in total. The quantitative estimate of drug-likeness (QED) is 0.548. The molecule has 0 unspecified atom stereocenters. The summed E-state index contributed by atoms with van der Waals surface area (Å²) in [5, 5.41) is 18.5. The molecule has 0 saturated carbocycles. The second-order valence-corrected chi connectivity index (χ2v) is 3.18. The van der Waals surface area contributed by atoms with Crippen LogP contribution in [-0.4, -0.2) is 20.2 Å². The third kappa shape index (κ3) is 1.68. The lowest BCUT2D eigenvalue weighted by Crippen LogP contribution is -2.23. The fraction of sp³-hybridized carbons (Fsp3) is 0. The molecule has 0 fully saturated rings. The standard InChI is InChI=1S/C10H8N2O4/c13-6-3-1-5(2-4-6)7-8(14)11-10(16)12-9(7)15/h1-4,13H,(H3,11,12,14,15,16). The number of benzene rings is 1. The molecule has 2 aromatic rings. The van der Waals surface area contributed by atoms with E-state index < -0.39 is 17.1 Å². The smallest absolute Gasteiger partial charge is 0.328 e. The van der Waals surface area contributed by atoms with E-state index in [1.54, 1.807) is 0 Å². The van der Waals surface area contributed by atoms with Crippen molar-refractivity contribution in [2.24, 2.45) is 0 Å². The van der Waals surface area contributed by atoms with E-state index in [9.17, 15) is 14.7 Å². The van der Waals surface area contributed by atoms with Gasteiger partial charge < -0.3 is 10.2 Å². The minimum absolute atomic E-state index is 0.0420. The van der Waals surface area contributed by atoms with Crippen molar-refractivity contribution in [3.63, 3.8) is 0 Å². The van der Waals surface area contributed by atoms with Crippen LogP contribution in [0.15, 0.2) is 33.9 Å². The predicted molar refractivity (Wildman–Crippen MR) is 56.4 cm³/mol. The highest BCUT2D eigenvalue weighted by Gasteiger charge is 2.10. The largest absolute Gasteiger partial charge is 0.508 e. The SMILES string of the molecule is O=c1[nH]c(O)c(-c2ccc(O)cc2)c(=O)[nH]1. The summed E-state index contributed by atoms with van der Waals surface area (Å²) in [4.78, 5) is 26.4. The lowest BCUT2D eigenvalue weighted by Gasteiger charge is -2.02. The molecule has 0 spiro atoms. The maximum Gasteiger partial charge on any atom is 0.328 e. The first kappa shape index (κ1) is 10.0. The number of aromatic hydroxyl groups is 2. The molecule has 0 atom stereocenters. The van der Waals surface area contributed by atoms with Gasteiger partial charge >= 0.3 is 5.69 Å². The molecule has 16 heavy (non-hydrogen) atoms. The number of nitrogens with one attached hydrogen (secondary N) is 2. The molecule has 0 amide bonds. The zero-order chi connectivity index (χ0) is 11.7. The van der Waals surface area contributed by atoms with E-state index in [-0.39, 0.29) is 11.3 Å². The summed E-state index contributed by atoms with van der Waals surface area (Å²) in [5.74, 6) is -0.455. The highest BCUT2D eigenvalue weighted by Crippen LogP contribution is 2.23. The van der Waals surface area contributed by atoms with Crippen molar-refractivity contribution < 1.29 is 10.2 Å². The molecule has 1 aromatic carbocycles. The van der Waals surface area contributed by atoms with Crippen molar-refractivity contribution in [1.82, 2.24) is 9.97 Å². The van der Waals surface area contributed by atoms with E-state index in [0.717, 1.165) is 0 Å². The van der Waals surface area contributed by atoms with E-state index in [1.165, 1.54) is 24.3 Å². The molecule has 0 aliphatic carbocycles. The molecule has 82 valence electrons. The average Bonchev–Trinajstić information content (AvgIpc) is 2.19. The van der Waals surface area contributed by atoms with Crippen LogP contribution in [0.2, 0.25) is 0 Å². The van der Waals surface area contributed by atoms with E-state index in [4.69, 9.17) is 5.11 Å². The first-order valence-corrected chi connectivity index (χ1v) is 4.43. The molecular formula is C10H8N2O4. The van der Waals surface area contributed by atoms with Crippen LogP contribution in [0, 0.1) is 0 Å². The molecule has 0 aliphatic heterocycles. The fourth-order valence-corrected chi connectivity index (χ4v) is 1.37. The summed E-state index contributed by atoms with van der Waals surface area (Å²) in [5.41, 5.74) is -1.11. The number of phenols is 1. The zero-order valence-corrected chi connectivity index (χ0v) is 8.02. The Labute approximate surface area is 88.8 Å². The second kappa shape index (κ2) is 3.58. The highest BCUT2D eigenvalue weighted by molar-refractivity contribution is 5.67. The Bertz CT molecular complexity index is 625. The molecule has 0 saturated heterocycles.